The van der Waals surface area contributed by atoms with E-state index in [9.17, 15) is 13.2 Å². The Labute approximate surface area is 172 Å². The van der Waals surface area contributed by atoms with Crippen molar-refractivity contribution < 1.29 is 17.9 Å². The topological polar surface area (TPSA) is 97.4 Å². The van der Waals surface area contributed by atoms with Crippen molar-refractivity contribution in [2.75, 3.05) is 11.3 Å². The van der Waals surface area contributed by atoms with E-state index in [1.165, 1.54) is 47.4 Å². The third-order valence-electron chi connectivity index (χ3n) is 4.55. The summed E-state index contributed by atoms with van der Waals surface area (Å²) >= 11 is 1.19. The fourth-order valence-electron chi connectivity index (χ4n) is 3.10. The van der Waals surface area contributed by atoms with Gasteiger partial charge in [-0.1, -0.05) is 18.2 Å². The van der Waals surface area contributed by atoms with Gasteiger partial charge < -0.3 is 10.1 Å². The number of rotatable bonds is 7. The molecule has 150 valence electrons. The monoisotopic (exact) mass is 429 g/mol. The molecule has 1 aromatic heterocycles. The van der Waals surface area contributed by atoms with Gasteiger partial charge in [0.15, 0.2) is 5.13 Å². The normalized spacial score (nSPS) is 15.4. The Balaban J connectivity index is 1.29. The molecule has 9 heteroatoms. The summed E-state index contributed by atoms with van der Waals surface area (Å²) in [5, 5.41) is 4.83. The SMILES string of the molecule is O=C(NCCC1Cc2ccccc2O1)c1ccc(S(=O)(=O)Nc2nccs2)cc1. The van der Waals surface area contributed by atoms with Gasteiger partial charge in [0, 0.05) is 36.5 Å². The number of hydrogen-bond donors (Lipinski definition) is 2. The molecule has 1 atom stereocenters. The zero-order chi connectivity index (χ0) is 20.3. The van der Waals surface area contributed by atoms with Gasteiger partial charge in [-0.05, 0) is 35.9 Å². The van der Waals surface area contributed by atoms with Crippen LogP contribution in [0.15, 0.2) is 65.0 Å². The molecule has 0 saturated carbocycles. The van der Waals surface area contributed by atoms with Crippen molar-refractivity contribution in [3.63, 3.8) is 0 Å². The lowest BCUT2D eigenvalue weighted by atomic mass is 10.1. The maximum atomic E-state index is 12.3. The van der Waals surface area contributed by atoms with Crippen molar-refractivity contribution in [3.05, 3.63) is 71.2 Å². The van der Waals surface area contributed by atoms with Gasteiger partial charge in [-0.2, -0.15) is 0 Å². The van der Waals surface area contributed by atoms with Crippen molar-refractivity contribution >= 4 is 32.4 Å². The quantitative estimate of drug-likeness (QED) is 0.602. The second kappa shape index (κ2) is 8.22. The number of nitrogens with one attached hydrogen (secondary N) is 2. The smallest absolute Gasteiger partial charge is 0.263 e. The number of ether oxygens (including phenoxy) is 1. The molecule has 29 heavy (non-hydrogen) atoms. The van der Waals surface area contributed by atoms with Crippen molar-refractivity contribution in [1.29, 1.82) is 0 Å². The predicted octanol–water partition coefficient (Wildman–Crippen LogP) is 3.07. The van der Waals surface area contributed by atoms with Crippen LogP contribution in [-0.4, -0.2) is 32.0 Å². The number of fused-ring (bicyclic) bond motifs is 1. The summed E-state index contributed by atoms with van der Waals surface area (Å²) in [4.78, 5) is 16.3. The molecule has 2 N–H and O–H groups in total. The van der Waals surface area contributed by atoms with E-state index in [0.717, 1.165) is 12.2 Å². The first-order valence-electron chi connectivity index (χ1n) is 9.06. The molecule has 2 aromatic carbocycles. The second-order valence-corrected chi connectivity index (χ2v) is 9.14. The van der Waals surface area contributed by atoms with Crippen LogP contribution < -0.4 is 14.8 Å². The van der Waals surface area contributed by atoms with Crippen LogP contribution in [0.2, 0.25) is 0 Å². The molecule has 0 bridgehead atoms. The van der Waals surface area contributed by atoms with E-state index >= 15 is 0 Å². The summed E-state index contributed by atoms with van der Waals surface area (Å²) in [5.74, 6) is 0.657. The minimum absolute atomic E-state index is 0.0529. The van der Waals surface area contributed by atoms with E-state index in [1.807, 2.05) is 24.3 Å². The fraction of sp³-hybridized carbons (Fsp3) is 0.200. The van der Waals surface area contributed by atoms with Gasteiger partial charge in [0.05, 0.1) is 4.90 Å². The van der Waals surface area contributed by atoms with Gasteiger partial charge in [-0.3, -0.25) is 9.52 Å². The molecule has 0 spiro atoms. The average Bonchev–Trinajstić information content (AvgIpc) is 3.36. The molecular formula is C20H19N3O4S2. The van der Waals surface area contributed by atoms with Crippen molar-refractivity contribution in [1.82, 2.24) is 10.3 Å². The van der Waals surface area contributed by atoms with Crippen LogP contribution >= 0.6 is 11.3 Å². The molecule has 1 aliphatic heterocycles. The Morgan fingerprint density at radius 3 is 2.69 bits per heavy atom. The summed E-state index contributed by atoms with van der Waals surface area (Å²) in [6.07, 6.45) is 3.11. The number of benzene rings is 2. The fourth-order valence-corrected chi connectivity index (χ4v) is 4.89. The van der Waals surface area contributed by atoms with Crippen LogP contribution in [0.25, 0.3) is 0 Å². The number of hydrogen-bond acceptors (Lipinski definition) is 6. The standard InChI is InChI=1S/C20H19N3O4S2/c24-19(21-10-9-16-13-15-3-1-2-4-18(15)27-16)14-5-7-17(8-6-14)29(25,26)23-20-22-11-12-28-20/h1-8,11-12,16H,9-10,13H2,(H,21,24)(H,22,23). The molecule has 1 amide bonds. The van der Waals surface area contributed by atoms with Gasteiger partial charge in [-0.15, -0.1) is 11.3 Å². The maximum Gasteiger partial charge on any atom is 0.263 e. The summed E-state index contributed by atoms with van der Waals surface area (Å²) in [5.41, 5.74) is 1.58. The highest BCUT2D eigenvalue weighted by molar-refractivity contribution is 7.93. The molecule has 1 aliphatic rings. The summed E-state index contributed by atoms with van der Waals surface area (Å²) in [7, 11) is -3.73. The first-order valence-corrected chi connectivity index (χ1v) is 11.4. The van der Waals surface area contributed by atoms with Crippen LogP contribution in [0, 0.1) is 0 Å². The molecule has 0 aliphatic carbocycles. The predicted molar refractivity (Wildman–Crippen MR) is 111 cm³/mol. The number of para-hydroxylation sites is 1. The molecular weight excluding hydrogens is 410 g/mol. The minimum atomic E-state index is -3.73. The Kier molecular flexibility index (Phi) is 5.50. The van der Waals surface area contributed by atoms with Crippen LogP contribution in [0.5, 0.6) is 5.75 Å². The number of carbonyl (C=O) groups excluding carboxylic acids is 1. The van der Waals surface area contributed by atoms with E-state index in [4.69, 9.17) is 4.74 Å². The van der Waals surface area contributed by atoms with Gasteiger partial charge in [0.2, 0.25) is 0 Å². The highest BCUT2D eigenvalue weighted by Gasteiger charge is 2.22. The number of thiazole rings is 1. The second-order valence-electron chi connectivity index (χ2n) is 6.56. The Hall–Kier alpha value is -2.91. The lowest BCUT2D eigenvalue weighted by Gasteiger charge is -2.11. The number of sulfonamides is 1. The molecule has 1 unspecified atom stereocenters. The molecule has 7 nitrogen and oxygen atoms in total. The summed E-state index contributed by atoms with van der Waals surface area (Å²) in [6, 6.07) is 13.7. The van der Waals surface area contributed by atoms with Crippen molar-refractivity contribution in [2.45, 2.75) is 23.8 Å². The van der Waals surface area contributed by atoms with E-state index in [1.54, 1.807) is 5.38 Å². The van der Waals surface area contributed by atoms with E-state index < -0.39 is 10.0 Å². The molecule has 2 heterocycles. The molecule has 0 radical (unpaired) electrons. The Morgan fingerprint density at radius 1 is 1.17 bits per heavy atom. The Bertz CT molecular complexity index is 1070. The van der Waals surface area contributed by atoms with Crippen LogP contribution in [-0.2, 0) is 16.4 Å². The maximum absolute atomic E-state index is 12.3. The summed E-state index contributed by atoms with van der Waals surface area (Å²) in [6.45, 7) is 0.475. The molecule has 4 rings (SSSR count). The highest BCUT2D eigenvalue weighted by atomic mass is 32.2. The molecule has 3 aromatic rings. The van der Waals surface area contributed by atoms with Gasteiger partial charge >= 0.3 is 0 Å². The van der Waals surface area contributed by atoms with Crippen molar-refractivity contribution in [2.24, 2.45) is 0 Å². The van der Waals surface area contributed by atoms with Crippen LogP contribution in [0.3, 0.4) is 0 Å². The first-order chi connectivity index (χ1) is 14.0. The third kappa shape index (κ3) is 4.57. The van der Waals surface area contributed by atoms with Crippen LogP contribution in [0.4, 0.5) is 5.13 Å². The van der Waals surface area contributed by atoms with Gasteiger partial charge in [0.1, 0.15) is 11.9 Å². The van der Waals surface area contributed by atoms with E-state index in [2.05, 4.69) is 15.0 Å². The molecule has 0 saturated heterocycles. The first kappa shape index (κ1) is 19.4. The number of amides is 1. The minimum Gasteiger partial charge on any atom is -0.490 e. The van der Waals surface area contributed by atoms with Gasteiger partial charge in [-0.25, -0.2) is 13.4 Å². The number of nitrogens with zero attached hydrogens (tertiary/aromatic N) is 1. The number of carbonyl (C=O) groups is 1. The number of aromatic nitrogens is 1. The third-order valence-corrected chi connectivity index (χ3v) is 6.72. The molecule has 0 fully saturated rings. The average molecular weight is 430 g/mol. The largest absolute Gasteiger partial charge is 0.490 e. The van der Waals surface area contributed by atoms with E-state index in [0.29, 0.717) is 23.7 Å². The zero-order valence-electron chi connectivity index (χ0n) is 15.4. The van der Waals surface area contributed by atoms with Crippen molar-refractivity contribution in [3.8, 4) is 5.75 Å². The number of anilines is 1. The highest BCUT2D eigenvalue weighted by Crippen LogP contribution is 2.29. The van der Waals surface area contributed by atoms with Gasteiger partial charge in [0.25, 0.3) is 15.9 Å². The Morgan fingerprint density at radius 2 is 1.97 bits per heavy atom. The zero-order valence-corrected chi connectivity index (χ0v) is 17.0. The summed E-state index contributed by atoms with van der Waals surface area (Å²) < 4.78 is 32.9. The lowest BCUT2D eigenvalue weighted by molar-refractivity contribution is 0.0948. The lowest BCUT2D eigenvalue weighted by Crippen LogP contribution is -2.28. The van der Waals surface area contributed by atoms with E-state index in [-0.39, 0.29) is 16.9 Å². The van der Waals surface area contributed by atoms with Crippen LogP contribution in [0.1, 0.15) is 22.3 Å².